The smallest absolute Gasteiger partial charge is 0.221 e. The fourth-order valence-corrected chi connectivity index (χ4v) is 2.96. The molecule has 0 fully saturated rings. The van der Waals surface area contributed by atoms with Crippen LogP contribution in [0.1, 0.15) is 110 Å². The Balaban J connectivity index is 3.21. The van der Waals surface area contributed by atoms with Crippen LogP contribution in [0.25, 0.3) is 0 Å². The highest BCUT2D eigenvalue weighted by Crippen LogP contribution is 2.12. The molecule has 0 bridgehead atoms. The lowest BCUT2D eigenvalue weighted by atomic mass is 10.0. The zero-order valence-electron chi connectivity index (χ0n) is 15.4. The van der Waals surface area contributed by atoms with Crippen molar-refractivity contribution < 1.29 is 14.4 Å². The normalized spacial score (nSPS) is 10.8. The van der Waals surface area contributed by atoms with Gasteiger partial charge in [-0.3, -0.25) is 9.59 Å². The van der Waals surface area contributed by atoms with Crippen LogP contribution in [0, 0.1) is 0 Å². The molecule has 0 saturated carbocycles. The lowest BCUT2D eigenvalue weighted by molar-refractivity contribution is -0.119. The number of hydrogen-bond donors (Lipinski definition) is 0. The van der Waals surface area contributed by atoms with Gasteiger partial charge in [0.15, 0.2) is 0 Å². The van der Waals surface area contributed by atoms with Crippen LogP contribution in [0.15, 0.2) is 0 Å². The van der Waals surface area contributed by atoms with Gasteiger partial charge in [0, 0.05) is 25.7 Å². The summed E-state index contributed by atoms with van der Waals surface area (Å²) in [7, 11) is 0. The molecule has 0 aromatic heterocycles. The van der Waals surface area contributed by atoms with Gasteiger partial charge in [-0.15, -0.1) is 0 Å². The summed E-state index contributed by atoms with van der Waals surface area (Å²) in [6.07, 6.45) is 15.6. The maximum absolute atomic E-state index is 11.8. The summed E-state index contributed by atoms with van der Waals surface area (Å²) in [4.78, 5) is 33.1. The highest BCUT2D eigenvalue weighted by Gasteiger charge is 2.02. The fourth-order valence-electron chi connectivity index (χ4n) is 2.82. The van der Waals surface area contributed by atoms with E-state index in [-0.39, 0.29) is 11.0 Å². The van der Waals surface area contributed by atoms with E-state index in [1.165, 1.54) is 12.8 Å². The standard InChI is InChI=1S/C20H35ClO3/c1-18(22)14-10-6-2-3-7-11-15-19(23)16-12-8-4-5-9-13-17-20(21)24/h2-17H2,1H3. The molecule has 3 nitrogen and oxygen atoms in total. The minimum Gasteiger partial charge on any atom is -0.300 e. The summed E-state index contributed by atoms with van der Waals surface area (Å²) in [6, 6.07) is 0. The summed E-state index contributed by atoms with van der Waals surface area (Å²) in [5.74, 6) is 0.685. The molecule has 0 amide bonds. The number of rotatable bonds is 18. The van der Waals surface area contributed by atoms with Crippen molar-refractivity contribution in [2.24, 2.45) is 0 Å². The molecule has 0 aliphatic heterocycles. The summed E-state index contributed by atoms with van der Waals surface area (Å²) >= 11 is 5.28. The molecule has 0 atom stereocenters. The zero-order chi connectivity index (χ0) is 18.0. The molecule has 0 aliphatic rings. The molecule has 0 heterocycles. The first kappa shape index (κ1) is 23.3. The molecule has 0 spiro atoms. The van der Waals surface area contributed by atoms with Crippen molar-refractivity contribution in [3.05, 3.63) is 0 Å². The zero-order valence-corrected chi connectivity index (χ0v) is 16.2. The average Bonchev–Trinajstić information content (AvgIpc) is 2.51. The molecular formula is C20H35ClO3. The second-order valence-corrected chi connectivity index (χ2v) is 7.26. The summed E-state index contributed by atoms with van der Waals surface area (Å²) in [5, 5.41) is -0.239. The average molecular weight is 359 g/mol. The minimum absolute atomic E-state index is 0.239. The minimum atomic E-state index is -0.239. The van der Waals surface area contributed by atoms with E-state index in [9.17, 15) is 14.4 Å². The van der Waals surface area contributed by atoms with E-state index in [0.29, 0.717) is 18.6 Å². The molecule has 0 unspecified atom stereocenters. The van der Waals surface area contributed by atoms with Crippen LogP contribution in [-0.4, -0.2) is 16.8 Å². The second-order valence-electron chi connectivity index (χ2n) is 6.84. The number of unbranched alkanes of at least 4 members (excludes halogenated alkanes) is 10. The predicted octanol–water partition coefficient (Wildman–Crippen LogP) is 6.15. The number of carbonyl (C=O) groups is 3. The monoisotopic (exact) mass is 358 g/mol. The van der Waals surface area contributed by atoms with Gasteiger partial charge in [-0.2, -0.15) is 0 Å². The number of carbonyl (C=O) groups excluding carboxylic acids is 3. The molecule has 0 rings (SSSR count). The van der Waals surface area contributed by atoms with Gasteiger partial charge in [-0.25, -0.2) is 0 Å². The Bertz CT molecular complexity index is 321. The first-order chi connectivity index (χ1) is 11.5. The van der Waals surface area contributed by atoms with E-state index in [0.717, 1.165) is 77.0 Å². The van der Waals surface area contributed by atoms with Crippen molar-refractivity contribution >= 4 is 28.4 Å². The Hall–Kier alpha value is -0.700. The molecule has 140 valence electrons. The van der Waals surface area contributed by atoms with Crippen LogP contribution >= 0.6 is 11.6 Å². The third-order valence-corrected chi connectivity index (χ3v) is 4.50. The van der Waals surface area contributed by atoms with Gasteiger partial charge in [-0.1, -0.05) is 51.4 Å². The van der Waals surface area contributed by atoms with Crippen LogP contribution < -0.4 is 0 Å². The Morgan fingerprint density at radius 2 is 0.875 bits per heavy atom. The molecular weight excluding hydrogens is 324 g/mol. The van der Waals surface area contributed by atoms with Gasteiger partial charge >= 0.3 is 0 Å². The Kier molecular flexibility index (Phi) is 16.6. The maximum atomic E-state index is 11.8. The van der Waals surface area contributed by atoms with Gasteiger partial charge in [-0.05, 0) is 44.2 Å². The molecule has 0 aliphatic carbocycles. The van der Waals surface area contributed by atoms with Gasteiger partial charge in [0.2, 0.25) is 5.24 Å². The number of Topliss-reactive ketones (excluding diaryl/α,β-unsaturated/α-hetero) is 2. The van der Waals surface area contributed by atoms with E-state index in [1.54, 1.807) is 6.92 Å². The van der Waals surface area contributed by atoms with E-state index in [2.05, 4.69) is 0 Å². The van der Waals surface area contributed by atoms with Crippen LogP contribution in [0.2, 0.25) is 0 Å². The van der Waals surface area contributed by atoms with E-state index in [4.69, 9.17) is 11.6 Å². The molecule has 24 heavy (non-hydrogen) atoms. The summed E-state index contributed by atoms with van der Waals surface area (Å²) < 4.78 is 0. The number of halogens is 1. The van der Waals surface area contributed by atoms with Crippen LogP contribution in [0.4, 0.5) is 0 Å². The molecule has 0 aromatic carbocycles. The summed E-state index contributed by atoms with van der Waals surface area (Å²) in [5.41, 5.74) is 0. The first-order valence-electron chi connectivity index (χ1n) is 9.72. The lowest BCUT2D eigenvalue weighted by Gasteiger charge is -2.03. The predicted molar refractivity (Wildman–Crippen MR) is 100 cm³/mol. The SMILES string of the molecule is CC(=O)CCCCCCCCC(=O)CCCCCCCCC(=O)Cl. The second kappa shape index (κ2) is 17.1. The quantitative estimate of drug-likeness (QED) is 0.218. The van der Waals surface area contributed by atoms with E-state index >= 15 is 0 Å². The molecule has 0 radical (unpaired) electrons. The third kappa shape index (κ3) is 19.3. The van der Waals surface area contributed by atoms with Gasteiger partial charge in [0.25, 0.3) is 0 Å². The number of hydrogen-bond acceptors (Lipinski definition) is 3. The van der Waals surface area contributed by atoms with Gasteiger partial charge in [0.05, 0.1) is 0 Å². The van der Waals surface area contributed by atoms with Crippen molar-refractivity contribution in [1.82, 2.24) is 0 Å². The van der Waals surface area contributed by atoms with Gasteiger partial charge in [0.1, 0.15) is 11.6 Å². The largest absolute Gasteiger partial charge is 0.300 e. The molecule has 0 N–H and O–H groups in total. The van der Waals surface area contributed by atoms with E-state index < -0.39 is 0 Å². The van der Waals surface area contributed by atoms with Crippen molar-refractivity contribution in [2.45, 2.75) is 110 Å². The van der Waals surface area contributed by atoms with Crippen molar-refractivity contribution in [3.8, 4) is 0 Å². The highest BCUT2D eigenvalue weighted by atomic mass is 35.5. The summed E-state index contributed by atoms with van der Waals surface area (Å²) in [6.45, 7) is 1.65. The van der Waals surface area contributed by atoms with Gasteiger partial charge < -0.3 is 4.79 Å². The van der Waals surface area contributed by atoms with Crippen molar-refractivity contribution in [2.75, 3.05) is 0 Å². The number of ketones is 2. The van der Waals surface area contributed by atoms with Crippen molar-refractivity contribution in [1.29, 1.82) is 0 Å². The van der Waals surface area contributed by atoms with Crippen LogP contribution in [0.3, 0.4) is 0 Å². The molecule has 0 saturated heterocycles. The Morgan fingerprint density at radius 3 is 1.25 bits per heavy atom. The van der Waals surface area contributed by atoms with E-state index in [1.807, 2.05) is 0 Å². The Labute approximate surface area is 152 Å². The first-order valence-corrected chi connectivity index (χ1v) is 10.1. The van der Waals surface area contributed by atoms with Crippen LogP contribution in [-0.2, 0) is 14.4 Å². The third-order valence-electron chi connectivity index (χ3n) is 4.31. The maximum Gasteiger partial charge on any atom is 0.221 e. The molecule has 0 aromatic rings. The van der Waals surface area contributed by atoms with Crippen molar-refractivity contribution in [3.63, 3.8) is 0 Å². The topological polar surface area (TPSA) is 51.2 Å². The van der Waals surface area contributed by atoms with Crippen LogP contribution in [0.5, 0.6) is 0 Å². The molecule has 4 heteroatoms. The fraction of sp³-hybridized carbons (Fsp3) is 0.850. The Morgan fingerprint density at radius 1 is 0.542 bits per heavy atom. The lowest BCUT2D eigenvalue weighted by Crippen LogP contribution is -1.97. The highest BCUT2D eigenvalue weighted by molar-refractivity contribution is 6.63.